The summed E-state index contributed by atoms with van der Waals surface area (Å²) in [6.45, 7) is 2.83. The van der Waals surface area contributed by atoms with Gasteiger partial charge in [0.05, 0.1) is 10.7 Å². The van der Waals surface area contributed by atoms with Gasteiger partial charge in [0, 0.05) is 13.0 Å². The zero-order valence-corrected chi connectivity index (χ0v) is 13.6. The summed E-state index contributed by atoms with van der Waals surface area (Å²) >= 11 is 2.28. The monoisotopic (exact) mass is 373 g/mol. The molecular weight excluding hydrogens is 353 g/mol. The Morgan fingerprint density at radius 1 is 1.53 bits per heavy atom. The highest BCUT2D eigenvalue weighted by atomic mass is 127. The van der Waals surface area contributed by atoms with E-state index >= 15 is 0 Å². The second-order valence-electron chi connectivity index (χ2n) is 5.05. The maximum Gasteiger partial charge on any atom is 0.219 e. The van der Waals surface area contributed by atoms with Crippen molar-refractivity contribution in [2.75, 3.05) is 13.7 Å². The number of carbonyl (C=O) groups excluding carboxylic acids is 1. The van der Waals surface area contributed by atoms with Crippen molar-refractivity contribution in [3.63, 3.8) is 0 Å². The third-order valence-electron chi connectivity index (χ3n) is 3.56. The van der Waals surface area contributed by atoms with Crippen molar-refractivity contribution < 1.29 is 9.53 Å². The average Bonchev–Trinajstić information content (AvgIpc) is 3.17. The molecule has 0 heterocycles. The fourth-order valence-corrected chi connectivity index (χ4v) is 2.90. The van der Waals surface area contributed by atoms with E-state index in [1.165, 1.54) is 5.56 Å². The van der Waals surface area contributed by atoms with Crippen LogP contribution >= 0.6 is 22.6 Å². The van der Waals surface area contributed by atoms with E-state index in [-0.39, 0.29) is 5.91 Å². The normalized spacial score (nSPS) is 21.0. The molecule has 0 aliphatic heterocycles. The molecule has 0 aromatic heterocycles. The van der Waals surface area contributed by atoms with Crippen molar-refractivity contribution in [1.29, 1.82) is 0 Å². The van der Waals surface area contributed by atoms with Crippen LogP contribution in [0.2, 0.25) is 0 Å². The van der Waals surface area contributed by atoms with Crippen LogP contribution in [0.1, 0.15) is 37.7 Å². The predicted molar refractivity (Wildman–Crippen MR) is 84.5 cm³/mol. The summed E-state index contributed by atoms with van der Waals surface area (Å²) < 4.78 is 6.49. The molecular formula is C15H20INO2. The Hall–Kier alpha value is -0.780. The number of hydrogen-bond acceptors (Lipinski definition) is 2. The summed E-state index contributed by atoms with van der Waals surface area (Å²) in [5, 5.41) is 3.01. The average molecular weight is 373 g/mol. The summed E-state index contributed by atoms with van der Waals surface area (Å²) in [7, 11) is 1.70. The highest BCUT2D eigenvalue weighted by molar-refractivity contribution is 14.1. The molecule has 1 aliphatic carbocycles. The van der Waals surface area contributed by atoms with Gasteiger partial charge < -0.3 is 10.1 Å². The highest BCUT2D eigenvalue weighted by Gasteiger charge is 2.38. The first-order chi connectivity index (χ1) is 9.15. The molecule has 1 N–H and O–H groups in total. The Kier molecular flexibility index (Phi) is 5.07. The summed E-state index contributed by atoms with van der Waals surface area (Å²) in [6, 6.07) is 6.39. The minimum atomic E-state index is 0.174. The molecule has 3 nitrogen and oxygen atoms in total. The lowest BCUT2D eigenvalue weighted by Gasteiger charge is -2.07. The van der Waals surface area contributed by atoms with Gasteiger partial charge in [-0.3, -0.25) is 4.79 Å². The maximum absolute atomic E-state index is 11.4. The van der Waals surface area contributed by atoms with E-state index < -0.39 is 0 Å². The first-order valence-electron chi connectivity index (χ1n) is 6.75. The second-order valence-corrected chi connectivity index (χ2v) is 6.21. The van der Waals surface area contributed by atoms with Crippen LogP contribution in [0.4, 0.5) is 0 Å². The summed E-state index contributed by atoms with van der Waals surface area (Å²) in [6.07, 6.45) is 2.71. The molecule has 104 valence electrons. The van der Waals surface area contributed by atoms with Gasteiger partial charge in [-0.2, -0.15) is 0 Å². The van der Waals surface area contributed by atoms with E-state index in [2.05, 4.69) is 46.1 Å². The van der Waals surface area contributed by atoms with Crippen molar-refractivity contribution >= 4 is 28.5 Å². The number of nitrogens with one attached hydrogen (secondary N) is 1. The molecule has 1 saturated carbocycles. The summed E-state index contributed by atoms with van der Waals surface area (Å²) in [4.78, 5) is 11.4. The summed E-state index contributed by atoms with van der Waals surface area (Å²) in [5.74, 6) is 2.28. The number of amides is 1. The van der Waals surface area contributed by atoms with Crippen molar-refractivity contribution in [2.24, 2.45) is 5.92 Å². The molecule has 1 fully saturated rings. The largest absolute Gasteiger partial charge is 0.496 e. The molecule has 1 aliphatic rings. The van der Waals surface area contributed by atoms with E-state index in [0.29, 0.717) is 18.3 Å². The Labute approximate surface area is 128 Å². The fourth-order valence-electron chi connectivity index (χ4n) is 2.35. The van der Waals surface area contributed by atoms with E-state index in [4.69, 9.17) is 4.74 Å². The van der Waals surface area contributed by atoms with Gasteiger partial charge in [-0.05, 0) is 65.0 Å². The van der Waals surface area contributed by atoms with Crippen LogP contribution in [0.3, 0.4) is 0 Å². The van der Waals surface area contributed by atoms with E-state index in [1.54, 1.807) is 7.11 Å². The molecule has 2 rings (SSSR count). The number of carbonyl (C=O) groups is 1. The van der Waals surface area contributed by atoms with E-state index in [1.807, 2.05) is 6.92 Å². The van der Waals surface area contributed by atoms with Gasteiger partial charge in [-0.1, -0.05) is 13.0 Å². The van der Waals surface area contributed by atoms with Crippen molar-refractivity contribution in [3.8, 4) is 5.75 Å². The lowest BCUT2D eigenvalue weighted by molar-refractivity contribution is -0.121. The minimum Gasteiger partial charge on any atom is -0.496 e. The van der Waals surface area contributed by atoms with Crippen molar-refractivity contribution in [1.82, 2.24) is 5.32 Å². The summed E-state index contributed by atoms with van der Waals surface area (Å²) in [5.41, 5.74) is 1.33. The van der Waals surface area contributed by atoms with Gasteiger partial charge in [0.2, 0.25) is 5.91 Å². The van der Waals surface area contributed by atoms with Crippen LogP contribution < -0.4 is 10.1 Å². The maximum atomic E-state index is 11.4. The van der Waals surface area contributed by atoms with E-state index in [0.717, 1.165) is 28.7 Å². The van der Waals surface area contributed by atoms with Crippen LogP contribution in [0.5, 0.6) is 5.75 Å². The topological polar surface area (TPSA) is 38.3 Å². The van der Waals surface area contributed by atoms with Gasteiger partial charge in [0.1, 0.15) is 5.75 Å². The number of rotatable bonds is 6. The number of methoxy groups -OCH3 is 1. The third kappa shape index (κ3) is 3.84. The van der Waals surface area contributed by atoms with Crippen molar-refractivity contribution in [3.05, 3.63) is 27.3 Å². The molecule has 0 saturated heterocycles. The molecule has 19 heavy (non-hydrogen) atoms. The highest BCUT2D eigenvalue weighted by Crippen LogP contribution is 2.48. The zero-order valence-electron chi connectivity index (χ0n) is 11.4. The SMILES string of the molecule is CCCC(=O)NCC1CC1c1ccc(I)c(OC)c1. The smallest absolute Gasteiger partial charge is 0.219 e. The molecule has 1 aromatic carbocycles. The molecule has 0 bridgehead atoms. The Morgan fingerprint density at radius 2 is 2.32 bits per heavy atom. The van der Waals surface area contributed by atoms with Gasteiger partial charge >= 0.3 is 0 Å². The standard InChI is InChI=1S/C15H20INO2/c1-3-4-15(18)17-9-11-7-12(11)10-5-6-13(16)14(8-10)19-2/h5-6,8,11-12H,3-4,7,9H2,1-2H3,(H,17,18). The molecule has 0 spiro atoms. The Morgan fingerprint density at radius 3 is 3.00 bits per heavy atom. The van der Waals surface area contributed by atoms with Crippen LogP contribution in [-0.2, 0) is 4.79 Å². The van der Waals surface area contributed by atoms with Crippen LogP contribution in [0, 0.1) is 9.49 Å². The van der Waals surface area contributed by atoms with Gasteiger partial charge in [-0.25, -0.2) is 0 Å². The molecule has 1 amide bonds. The van der Waals surface area contributed by atoms with Crippen molar-refractivity contribution in [2.45, 2.75) is 32.1 Å². The Bertz CT molecular complexity index is 461. The van der Waals surface area contributed by atoms with E-state index in [9.17, 15) is 4.79 Å². The lowest BCUT2D eigenvalue weighted by Crippen LogP contribution is -2.25. The molecule has 2 unspecified atom stereocenters. The zero-order chi connectivity index (χ0) is 13.8. The molecule has 4 heteroatoms. The number of halogens is 1. The van der Waals surface area contributed by atoms with Crippen LogP contribution in [0.15, 0.2) is 18.2 Å². The molecule has 0 radical (unpaired) electrons. The lowest BCUT2D eigenvalue weighted by atomic mass is 10.1. The predicted octanol–water partition coefficient (Wildman–Crippen LogP) is 3.32. The fraction of sp³-hybridized carbons (Fsp3) is 0.533. The number of hydrogen-bond donors (Lipinski definition) is 1. The number of ether oxygens (including phenoxy) is 1. The van der Waals surface area contributed by atoms with Gasteiger partial charge in [-0.15, -0.1) is 0 Å². The number of benzene rings is 1. The third-order valence-corrected chi connectivity index (χ3v) is 4.46. The quantitative estimate of drug-likeness (QED) is 0.777. The minimum absolute atomic E-state index is 0.174. The Balaban J connectivity index is 1.87. The first-order valence-corrected chi connectivity index (χ1v) is 7.83. The molecule has 1 aromatic rings. The van der Waals surface area contributed by atoms with Gasteiger partial charge in [0.25, 0.3) is 0 Å². The van der Waals surface area contributed by atoms with Gasteiger partial charge in [0.15, 0.2) is 0 Å². The van der Waals surface area contributed by atoms with Crippen LogP contribution in [0.25, 0.3) is 0 Å². The second kappa shape index (κ2) is 6.59. The first kappa shape index (κ1) is 14.6. The molecule has 2 atom stereocenters. The van der Waals surface area contributed by atoms with Crippen LogP contribution in [-0.4, -0.2) is 19.6 Å².